The Labute approximate surface area is 121 Å². The molecule has 0 bridgehead atoms. The van der Waals surface area contributed by atoms with Crippen LogP contribution in [-0.2, 0) is 6.54 Å². The molecule has 1 aromatic heterocycles. The Morgan fingerprint density at radius 1 is 1.47 bits per heavy atom. The van der Waals surface area contributed by atoms with Crippen molar-refractivity contribution in [1.29, 1.82) is 0 Å². The molecule has 0 aliphatic carbocycles. The van der Waals surface area contributed by atoms with E-state index in [1.165, 1.54) is 0 Å². The first kappa shape index (κ1) is 14.0. The molecule has 100 valence electrons. The monoisotopic (exact) mass is 294 g/mol. The van der Waals surface area contributed by atoms with Crippen LogP contribution in [-0.4, -0.2) is 10.9 Å². The summed E-state index contributed by atoms with van der Waals surface area (Å²) in [5, 5.41) is 6.35. The second-order valence-corrected chi connectivity index (χ2v) is 5.89. The van der Waals surface area contributed by atoms with Crippen LogP contribution in [0.25, 0.3) is 0 Å². The van der Waals surface area contributed by atoms with Gasteiger partial charge in [-0.15, -0.1) is 11.3 Å². The highest BCUT2D eigenvalue weighted by atomic mass is 35.5. The van der Waals surface area contributed by atoms with Crippen LogP contribution in [0.5, 0.6) is 0 Å². The number of aromatic nitrogens is 1. The Bertz CT molecular complexity index is 580. The van der Waals surface area contributed by atoms with Crippen LogP contribution in [0, 0.1) is 0 Å². The summed E-state index contributed by atoms with van der Waals surface area (Å²) in [6.07, 6.45) is 0. The van der Waals surface area contributed by atoms with Crippen molar-refractivity contribution in [2.75, 3.05) is 0 Å². The molecule has 0 unspecified atom stereocenters. The number of halogens is 1. The molecule has 19 heavy (non-hydrogen) atoms. The Morgan fingerprint density at radius 3 is 2.89 bits per heavy atom. The summed E-state index contributed by atoms with van der Waals surface area (Å²) in [7, 11) is 0. The number of hydrogen-bond acceptors (Lipinski definition) is 3. The maximum Gasteiger partial charge on any atom is 0.251 e. The number of nitrogens with one attached hydrogen (secondary N) is 1. The van der Waals surface area contributed by atoms with E-state index in [1.54, 1.807) is 35.6 Å². The molecule has 1 aromatic carbocycles. The van der Waals surface area contributed by atoms with Gasteiger partial charge in [0.1, 0.15) is 5.01 Å². The van der Waals surface area contributed by atoms with Gasteiger partial charge in [-0.05, 0) is 24.1 Å². The summed E-state index contributed by atoms with van der Waals surface area (Å²) >= 11 is 7.42. The maximum absolute atomic E-state index is 11.9. The van der Waals surface area contributed by atoms with Crippen molar-refractivity contribution in [2.24, 2.45) is 0 Å². The predicted molar refractivity (Wildman–Crippen MR) is 78.8 cm³/mol. The first-order valence-electron chi connectivity index (χ1n) is 6.04. The second-order valence-electron chi connectivity index (χ2n) is 4.51. The largest absolute Gasteiger partial charge is 0.346 e. The number of hydrogen-bond donors (Lipinski definition) is 1. The van der Waals surface area contributed by atoms with Gasteiger partial charge in [0.15, 0.2) is 0 Å². The highest BCUT2D eigenvalue weighted by molar-refractivity contribution is 7.09. The smallest absolute Gasteiger partial charge is 0.251 e. The van der Waals surface area contributed by atoms with E-state index in [4.69, 9.17) is 11.6 Å². The van der Waals surface area contributed by atoms with Gasteiger partial charge in [-0.25, -0.2) is 4.98 Å². The number of amides is 1. The molecule has 0 saturated heterocycles. The average molecular weight is 295 g/mol. The Balaban J connectivity index is 1.96. The van der Waals surface area contributed by atoms with Crippen LogP contribution in [0.3, 0.4) is 0 Å². The molecule has 0 fully saturated rings. The number of carbonyl (C=O) groups excluding carboxylic acids is 1. The standard InChI is InChI=1S/C14H15ClN2OS/c1-9(2)12-8-19-13(17-12)7-16-14(18)10-4-3-5-11(15)6-10/h3-6,8-9H,7H2,1-2H3,(H,16,18). The number of rotatable bonds is 4. The molecular weight excluding hydrogens is 280 g/mol. The maximum atomic E-state index is 11.9. The first-order valence-corrected chi connectivity index (χ1v) is 7.30. The second kappa shape index (κ2) is 6.17. The summed E-state index contributed by atoms with van der Waals surface area (Å²) in [5.74, 6) is 0.275. The van der Waals surface area contributed by atoms with Crippen LogP contribution >= 0.6 is 22.9 Å². The Kier molecular flexibility index (Phi) is 4.56. The van der Waals surface area contributed by atoms with Gasteiger partial charge in [-0.3, -0.25) is 4.79 Å². The minimum atomic E-state index is -0.135. The molecule has 1 N–H and O–H groups in total. The summed E-state index contributed by atoms with van der Waals surface area (Å²) in [5.41, 5.74) is 1.63. The summed E-state index contributed by atoms with van der Waals surface area (Å²) < 4.78 is 0. The van der Waals surface area contributed by atoms with Crippen molar-refractivity contribution < 1.29 is 4.79 Å². The molecule has 3 nitrogen and oxygen atoms in total. The molecule has 5 heteroatoms. The van der Waals surface area contributed by atoms with Gasteiger partial charge >= 0.3 is 0 Å². The normalized spacial score (nSPS) is 10.7. The van der Waals surface area contributed by atoms with Crippen LogP contribution in [0.15, 0.2) is 29.6 Å². The van der Waals surface area contributed by atoms with Gasteiger partial charge in [0.05, 0.1) is 12.2 Å². The third kappa shape index (κ3) is 3.78. The zero-order valence-corrected chi connectivity index (χ0v) is 12.4. The fourth-order valence-electron chi connectivity index (χ4n) is 1.56. The van der Waals surface area contributed by atoms with E-state index in [0.717, 1.165) is 10.7 Å². The lowest BCUT2D eigenvalue weighted by molar-refractivity contribution is 0.0951. The van der Waals surface area contributed by atoms with E-state index < -0.39 is 0 Å². The van der Waals surface area contributed by atoms with E-state index >= 15 is 0 Å². The van der Waals surface area contributed by atoms with Crippen LogP contribution in [0.4, 0.5) is 0 Å². The van der Waals surface area contributed by atoms with Gasteiger partial charge < -0.3 is 5.32 Å². The lowest BCUT2D eigenvalue weighted by atomic mass is 10.2. The fourth-order valence-corrected chi connectivity index (χ4v) is 2.64. The van der Waals surface area contributed by atoms with Crippen LogP contribution in [0.2, 0.25) is 5.02 Å². The topological polar surface area (TPSA) is 42.0 Å². The molecule has 1 amide bonds. The predicted octanol–water partition coefficient (Wildman–Crippen LogP) is 3.85. The van der Waals surface area contributed by atoms with Crippen molar-refractivity contribution in [3.63, 3.8) is 0 Å². The summed E-state index contributed by atoms with van der Waals surface area (Å²) in [6.45, 7) is 4.65. The van der Waals surface area contributed by atoms with Crippen molar-refractivity contribution >= 4 is 28.8 Å². The van der Waals surface area contributed by atoms with Gasteiger partial charge in [-0.2, -0.15) is 0 Å². The molecule has 0 radical (unpaired) electrons. The minimum Gasteiger partial charge on any atom is -0.346 e. The molecule has 0 spiro atoms. The molecule has 0 atom stereocenters. The SMILES string of the molecule is CC(C)c1csc(CNC(=O)c2cccc(Cl)c2)n1. The third-order valence-electron chi connectivity index (χ3n) is 2.65. The van der Waals surface area contributed by atoms with E-state index in [9.17, 15) is 4.79 Å². The number of benzene rings is 1. The van der Waals surface area contributed by atoms with E-state index in [1.807, 2.05) is 5.38 Å². The van der Waals surface area contributed by atoms with Crippen LogP contribution in [0.1, 0.15) is 40.8 Å². The van der Waals surface area contributed by atoms with Gasteiger partial charge in [-0.1, -0.05) is 31.5 Å². The lowest BCUT2D eigenvalue weighted by Crippen LogP contribution is -2.22. The van der Waals surface area contributed by atoms with E-state index in [-0.39, 0.29) is 5.91 Å². The van der Waals surface area contributed by atoms with Crippen molar-refractivity contribution in [3.05, 3.63) is 50.9 Å². The molecular formula is C14H15ClN2OS. The number of carbonyl (C=O) groups is 1. The summed E-state index contributed by atoms with van der Waals surface area (Å²) in [4.78, 5) is 16.4. The average Bonchev–Trinajstić information content (AvgIpc) is 2.85. The van der Waals surface area contributed by atoms with Crippen LogP contribution < -0.4 is 5.32 Å². The highest BCUT2D eigenvalue weighted by Gasteiger charge is 2.08. The van der Waals surface area contributed by atoms with Gasteiger partial charge in [0, 0.05) is 16.0 Å². The molecule has 0 aliphatic rings. The first-order chi connectivity index (χ1) is 9.06. The highest BCUT2D eigenvalue weighted by Crippen LogP contribution is 2.17. The minimum absolute atomic E-state index is 0.135. The molecule has 0 saturated carbocycles. The third-order valence-corrected chi connectivity index (χ3v) is 3.75. The zero-order valence-electron chi connectivity index (χ0n) is 10.8. The van der Waals surface area contributed by atoms with Crippen molar-refractivity contribution in [3.8, 4) is 0 Å². The molecule has 2 rings (SSSR count). The van der Waals surface area contributed by atoms with Gasteiger partial charge in [0.2, 0.25) is 0 Å². The molecule has 1 heterocycles. The quantitative estimate of drug-likeness (QED) is 0.930. The summed E-state index contributed by atoms with van der Waals surface area (Å²) in [6, 6.07) is 6.90. The van der Waals surface area contributed by atoms with Gasteiger partial charge in [0.25, 0.3) is 5.91 Å². The van der Waals surface area contributed by atoms with Crippen molar-refractivity contribution in [1.82, 2.24) is 10.3 Å². The van der Waals surface area contributed by atoms with Crippen molar-refractivity contribution in [2.45, 2.75) is 26.3 Å². The zero-order chi connectivity index (χ0) is 13.8. The number of thiazole rings is 1. The Morgan fingerprint density at radius 2 is 2.26 bits per heavy atom. The lowest BCUT2D eigenvalue weighted by Gasteiger charge is -2.03. The van der Waals surface area contributed by atoms with E-state index in [2.05, 4.69) is 24.1 Å². The van der Waals surface area contributed by atoms with E-state index in [0.29, 0.717) is 23.0 Å². The molecule has 0 aliphatic heterocycles. The fraction of sp³-hybridized carbons (Fsp3) is 0.286. The Hall–Kier alpha value is -1.39. The molecule has 2 aromatic rings. The number of nitrogens with zero attached hydrogens (tertiary/aromatic N) is 1.